The van der Waals surface area contributed by atoms with Gasteiger partial charge in [-0.25, -0.2) is 8.42 Å². The highest BCUT2D eigenvalue weighted by Gasteiger charge is 2.33. The molecule has 0 radical (unpaired) electrons. The highest BCUT2D eigenvalue weighted by Crippen LogP contribution is 2.27. The van der Waals surface area contributed by atoms with Gasteiger partial charge >= 0.3 is 0 Å². The molecule has 208 valence electrons. The molecule has 7 nitrogen and oxygen atoms in total. The fraction of sp³-hybridized carbons (Fsp3) is 0.310. The van der Waals surface area contributed by atoms with Crippen LogP contribution in [0.4, 0.5) is 5.69 Å². The summed E-state index contributed by atoms with van der Waals surface area (Å²) in [6, 6.07) is 19.2. The van der Waals surface area contributed by atoms with Crippen LogP contribution in [0.5, 0.6) is 0 Å². The maximum Gasteiger partial charge on any atom is 0.264 e. The molecule has 3 aromatic rings. The van der Waals surface area contributed by atoms with E-state index in [2.05, 4.69) is 21.2 Å². The summed E-state index contributed by atoms with van der Waals surface area (Å²) in [5.41, 5.74) is 1.34. The van der Waals surface area contributed by atoms with Gasteiger partial charge < -0.3 is 10.2 Å². The third-order valence-corrected chi connectivity index (χ3v) is 8.65. The molecule has 39 heavy (non-hydrogen) atoms. The molecule has 0 aliphatic carbocycles. The number of nitrogens with one attached hydrogen (secondary N) is 1. The van der Waals surface area contributed by atoms with Crippen LogP contribution >= 0.6 is 27.5 Å². The number of carbonyl (C=O) groups excluding carboxylic acids is 2. The molecule has 1 atom stereocenters. The molecule has 2 amide bonds. The monoisotopic (exact) mass is 633 g/mol. The van der Waals surface area contributed by atoms with E-state index in [9.17, 15) is 18.0 Å². The van der Waals surface area contributed by atoms with Crippen molar-refractivity contribution in [2.24, 2.45) is 0 Å². The lowest BCUT2D eigenvalue weighted by atomic mass is 10.1. The molecule has 3 aromatic carbocycles. The number of rotatable bonds is 9. The Morgan fingerprint density at radius 2 is 1.56 bits per heavy atom. The van der Waals surface area contributed by atoms with E-state index in [4.69, 9.17) is 11.6 Å². The number of hydrogen-bond donors (Lipinski definition) is 1. The van der Waals surface area contributed by atoms with Gasteiger partial charge in [0.25, 0.3) is 10.0 Å². The van der Waals surface area contributed by atoms with Crippen molar-refractivity contribution in [1.82, 2.24) is 10.2 Å². The van der Waals surface area contributed by atoms with Crippen LogP contribution in [0, 0.1) is 6.92 Å². The fourth-order valence-corrected chi connectivity index (χ4v) is 5.71. The summed E-state index contributed by atoms with van der Waals surface area (Å²) in [4.78, 5) is 28.5. The van der Waals surface area contributed by atoms with E-state index in [1.54, 1.807) is 67.6 Å². The van der Waals surface area contributed by atoms with Crippen LogP contribution in [-0.4, -0.2) is 43.3 Å². The minimum Gasteiger partial charge on any atom is -0.350 e. The zero-order valence-corrected chi connectivity index (χ0v) is 25.8. The number of amides is 2. The van der Waals surface area contributed by atoms with Gasteiger partial charge in [-0.1, -0.05) is 63.4 Å². The van der Waals surface area contributed by atoms with Gasteiger partial charge in [-0.05, 0) is 82.6 Å². The number of anilines is 1. The molecular formula is C29H33BrClN3O4S. The van der Waals surface area contributed by atoms with Crippen molar-refractivity contribution in [3.63, 3.8) is 0 Å². The molecule has 1 N–H and O–H groups in total. The molecule has 0 spiro atoms. The first-order valence-electron chi connectivity index (χ1n) is 12.4. The molecule has 0 saturated heterocycles. The third kappa shape index (κ3) is 8.06. The van der Waals surface area contributed by atoms with Crippen LogP contribution in [0.1, 0.15) is 38.8 Å². The fourth-order valence-electron chi connectivity index (χ4n) is 3.84. The predicted molar refractivity (Wildman–Crippen MR) is 159 cm³/mol. The summed E-state index contributed by atoms with van der Waals surface area (Å²) in [5, 5.41) is 3.34. The Balaban J connectivity index is 2.04. The van der Waals surface area contributed by atoms with Gasteiger partial charge in [0.15, 0.2) is 0 Å². The topological polar surface area (TPSA) is 86.8 Å². The predicted octanol–water partition coefficient (Wildman–Crippen LogP) is 5.94. The summed E-state index contributed by atoms with van der Waals surface area (Å²) < 4.78 is 29.5. The van der Waals surface area contributed by atoms with E-state index < -0.39 is 34.1 Å². The highest BCUT2D eigenvalue weighted by molar-refractivity contribution is 9.10. The number of aryl methyl sites for hydroxylation is 1. The molecule has 0 saturated carbocycles. The molecule has 0 aliphatic rings. The number of hydrogen-bond acceptors (Lipinski definition) is 4. The van der Waals surface area contributed by atoms with E-state index >= 15 is 0 Å². The van der Waals surface area contributed by atoms with Crippen LogP contribution in [0.3, 0.4) is 0 Å². The minimum atomic E-state index is -4.12. The van der Waals surface area contributed by atoms with Gasteiger partial charge in [0.05, 0.1) is 10.6 Å². The number of nitrogens with zero attached hydrogens (tertiary/aromatic N) is 2. The average molecular weight is 635 g/mol. The van der Waals surface area contributed by atoms with Gasteiger partial charge in [0.2, 0.25) is 11.8 Å². The van der Waals surface area contributed by atoms with Gasteiger partial charge in [-0.3, -0.25) is 13.9 Å². The van der Waals surface area contributed by atoms with Gasteiger partial charge in [0.1, 0.15) is 12.6 Å². The zero-order valence-electron chi connectivity index (χ0n) is 22.6. The smallest absolute Gasteiger partial charge is 0.264 e. The maximum absolute atomic E-state index is 13.9. The van der Waals surface area contributed by atoms with Crippen molar-refractivity contribution in [3.8, 4) is 0 Å². The van der Waals surface area contributed by atoms with Crippen molar-refractivity contribution < 1.29 is 18.0 Å². The number of sulfonamides is 1. The Labute approximate surface area is 244 Å². The SMILES string of the molecule is Cc1ccc(S(=O)(=O)N(CC(=O)N(Cc2ccccc2Cl)[C@H](C)C(=O)NC(C)(C)C)c2ccc(Br)cc2)cc1. The van der Waals surface area contributed by atoms with Crippen LogP contribution in [0.2, 0.25) is 5.02 Å². The Hall–Kier alpha value is -2.88. The molecular weight excluding hydrogens is 602 g/mol. The van der Waals surface area contributed by atoms with Crippen molar-refractivity contribution >= 4 is 55.1 Å². The Kier molecular flexibility index (Phi) is 9.85. The van der Waals surface area contributed by atoms with Gasteiger partial charge in [-0.2, -0.15) is 0 Å². The molecule has 0 aromatic heterocycles. The standard InChI is InChI=1S/C29H33BrClN3O4S/c1-20-10-16-25(17-11-20)39(37,38)34(24-14-12-23(30)13-15-24)19-27(35)33(18-22-8-6-7-9-26(22)31)21(2)28(36)32-29(3,4)5/h6-17,21H,18-19H2,1-5H3,(H,32,36)/t21-/m1/s1. The van der Waals surface area contributed by atoms with Crippen molar-refractivity contribution in [2.45, 2.75) is 57.6 Å². The summed E-state index contributed by atoms with van der Waals surface area (Å²) in [6.45, 7) is 8.53. The lowest BCUT2D eigenvalue weighted by Crippen LogP contribution is -2.54. The summed E-state index contributed by atoms with van der Waals surface area (Å²) in [5.74, 6) is -0.912. The molecule has 0 fully saturated rings. The van der Waals surface area contributed by atoms with E-state index in [0.29, 0.717) is 16.3 Å². The van der Waals surface area contributed by atoms with Crippen LogP contribution in [0.25, 0.3) is 0 Å². The van der Waals surface area contributed by atoms with Crippen LogP contribution < -0.4 is 9.62 Å². The second-order valence-corrected chi connectivity index (χ2v) is 13.5. The highest BCUT2D eigenvalue weighted by atomic mass is 79.9. The summed E-state index contributed by atoms with van der Waals surface area (Å²) in [7, 11) is -4.12. The van der Waals surface area contributed by atoms with E-state index in [0.717, 1.165) is 14.3 Å². The lowest BCUT2D eigenvalue weighted by molar-refractivity contribution is -0.140. The maximum atomic E-state index is 13.9. The first kappa shape index (κ1) is 30.7. The lowest BCUT2D eigenvalue weighted by Gasteiger charge is -2.33. The molecule has 0 heterocycles. The Morgan fingerprint density at radius 1 is 0.974 bits per heavy atom. The first-order chi connectivity index (χ1) is 18.2. The average Bonchev–Trinajstić information content (AvgIpc) is 2.86. The molecule has 3 rings (SSSR count). The second-order valence-electron chi connectivity index (χ2n) is 10.3. The van der Waals surface area contributed by atoms with Crippen molar-refractivity contribution in [1.29, 1.82) is 0 Å². The molecule has 0 bridgehead atoms. The van der Waals surface area contributed by atoms with E-state index in [-0.39, 0.29) is 17.3 Å². The third-order valence-electron chi connectivity index (χ3n) is 5.97. The number of benzene rings is 3. The number of carbonyl (C=O) groups is 2. The zero-order chi connectivity index (χ0) is 29.0. The Morgan fingerprint density at radius 3 is 2.13 bits per heavy atom. The van der Waals surface area contributed by atoms with Crippen molar-refractivity contribution in [2.75, 3.05) is 10.8 Å². The van der Waals surface area contributed by atoms with Crippen molar-refractivity contribution in [3.05, 3.63) is 93.4 Å². The Bertz CT molecular complexity index is 1420. The van der Waals surface area contributed by atoms with E-state index in [1.165, 1.54) is 17.0 Å². The minimum absolute atomic E-state index is 0.0238. The summed E-state index contributed by atoms with van der Waals surface area (Å²) >= 11 is 9.77. The molecule has 10 heteroatoms. The van der Waals surface area contributed by atoms with Gasteiger partial charge in [0, 0.05) is 21.6 Å². The molecule has 0 unspecified atom stereocenters. The second kappa shape index (κ2) is 12.5. The first-order valence-corrected chi connectivity index (χ1v) is 15.0. The quantitative estimate of drug-likeness (QED) is 0.316. The number of halogens is 2. The molecule has 0 aliphatic heterocycles. The largest absolute Gasteiger partial charge is 0.350 e. The normalized spacial score (nSPS) is 12.5. The van der Waals surface area contributed by atoms with Gasteiger partial charge in [-0.15, -0.1) is 0 Å². The van der Waals surface area contributed by atoms with Crippen LogP contribution in [0.15, 0.2) is 82.2 Å². The summed E-state index contributed by atoms with van der Waals surface area (Å²) in [6.07, 6.45) is 0. The van der Waals surface area contributed by atoms with Crippen LogP contribution in [-0.2, 0) is 26.2 Å². The van der Waals surface area contributed by atoms with E-state index in [1.807, 2.05) is 27.7 Å².